The lowest BCUT2D eigenvalue weighted by Gasteiger charge is -2.20. The standard InChI is InChI=1S/C19H14ClO/c20-17-13-11-16(12-14-17)19(15-7-3-1-4-8-15)21-18-9-5-2-6-10-18/h1-5,7-14,19H. The smallest absolute Gasteiger partial charge is 0.149 e. The molecule has 0 spiro atoms. The Bertz CT molecular complexity index is 678. The highest BCUT2D eigenvalue weighted by Crippen LogP contribution is 2.28. The lowest BCUT2D eigenvalue weighted by Crippen LogP contribution is -2.09. The van der Waals surface area contributed by atoms with Crippen LogP contribution in [0.2, 0.25) is 5.02 Å². The van der Waals surface area contributed by atoms with Gasteiger partial charge in [0.2, 0.25) is 0 Å². The number of benzene rings is 3. The first kappa shape index (κ1) is 13.7. The van der Waals surface area contributed by atoms with Crippen LogP contribution in [0.5, 0.6) is 5.75 Å². The average Bonchev–Trinajstić information content (AvgIpc) is 2.55. The number of ether oxygens (including phenoxy) is 1. The molecule has 3 aromatic rings. The Morgan fingerprint density at radius 2 is 1.52 bits per heavy atom. The lowest BCUT2D eigenvalue weighted by molar-refractivity contribution is 0.247. The molecule has 103 valence electrons. The van der Waals surface area contributed by atoms with Crippen LogP contribution in [0.4, 0.5) is 0 Å². The van der Waals surface area contributed by atoms with Gasteiger partial charge in [0.1, 0.15) is 11.9 Å². The molecule has 0 heterocycles. The Balaban J connectivity index is 1.97. The largest absolute Gasteiger partial charge is 0.481 e. The fourth-order valence-corrected chi connectivity index (χ4v) is 2.31. The Labute approximate surface area is 129 Å². The number of hydrogen-bond acceptors (Lipinski definition) is 1. The first-order chi connectivity index (χ1) is 10.3. The average molecular weight is 294 g/mol. The first-order valence-corrected chi connectivity index (χ1v) is 7.14. The molecule has 2 heteroatoms. The molecule has 0 aliphatic rings. The molecule has 1 nitrogen and oxygen atoms in total. The van der Waals surface area contributed by atoms with Gasteiger partial charge in [0.25, 0.3) is 0 Å². The molecule has 0 aromatic heterocycles. The van der Waals surface area contributed by atoms with E-state index >= 15 is 0 Å². The second-order valence-electron chi connectivity index (χ2n) is 4.70. The topological polar surface area (TPSA) is 9.23 Å². The summed E-state index contributed by atoms with van der Waals surface area (Å²) >= 11 is 5.98. The summed E-state index contributed by atoms with van der Waals surface area (Å²) in [6, 6.07) is 28.5. The highest BCUT2D eigenvalue weighted by Gasteiger charge is 2.15. The van der Waals surface area contributed by atoms with Crippen molar-refractivity contribution < 1.29 is 4.74 Å². The molecule has 3 aromatic carbocycles. The Hall–Kier alpha value is -2.25. The van der Waals surface area contributed by atoms with Crippen molar-refractivity contribution in [1.29, 1.82) is 0 Å². The fourth-order valence-electron chi connectivity index (χ4n) is 2.18. The first-order valence-electron chi connectivity index (χ1n) is 6.76. The predicted octanol–water partition coefficient (Wildman–Crippen LogP) is 5.31. The quantitative estimate of drug-likeness (QED) is 0.633. The van der Waals surface area contributed by atoms with Crippen LogP contribution in [-0.2, 0) is 0 Å². The summed E-state index contributed by atoms with van der Waals surface area (Å²) in [6.45, 7) is 0. The van der Waals surface area contributed by atoms with Gasteiger partial charge in [-0.1, -0.05) is 66.2 Å². The van der Waals surface area contributed by atoms with Crippen molar-refractivity contribution in [3.8, 4) is 5.75 Å². The van der Waals surface area contributed by atoms with E-state index in [-0.39, 0.29) is 6.10 Å². The molecule has 0 fully saturated rings. The van der Waals surface area contributed by atoms with Crippen molar-refractivity contribution in [2.75, 3.05) is 0 Å². The van der Waals surface area contributed by atoms with Gasteiger partial charge in [-0.3, -0.25) is 0 Å². The van der Waals surface area contributed by atoms with Crippen molar-refractivity contribution >= 4 is 11.6 Å². The number of halogens is 1. The highest BCUT2D eigenvalue weighted by molar-refractivity contribution is 6.30. The lowest BCUT2D eigenvalue weighted by atomic mass is 10.0. The van der Waals surface area contributed by atoms with E-state index in [1.165, 1.54) is 0 Å². The molecule has 3 rings (SSSR count). The molecular weight excluding hydrogens is 280 g/mol. The van der Waals surface area contributed by atoms with E-state index in [2.05, 4.69) is 18.2 Å². The molecule has 0 saturated carbocycles. The number of hydrogen-bond donors (Lipinski definition) is 0. The third-order valence-electron chi connectivity index (χ3n) is 3.21. The minimum Gasteiger partial charge on any atom is -0.481 e. The molecule has 1 atom stereocenters. The highest BCUT2D eigenvalue weighted by atomic mass is 35.5. The van der Waals surface area contributed by atoms with Gasteiger partial charge in [0, 0.05) is 5.02 Å². The molecule has 21 heavy (non-hydrogen) atoms. The molecule has 0 aliphatic heterocycles. The van der Waals surface area contributed by atoms with Crippen LogP contribution in [0.15, 0.2) is 78.9 Å². The van der Waals surface area contributed by atoms with E-state index < -0.39 is 0 Å². The van der Waals surface area contributed by atoms with Crippen molar-refractivity contribution in [2.45, 2.75) is 6.10 Å². The normalized spacial score (nSPS) is 11.9. The minimum absolute atomic E-state index is 0.167. The van der Waals surface area contributed by atoms with Gasteiger partial charge in [-0.05, 0) is 41.5 Å². The van der Waals surface area contributed by atoms with Crippen LogP contribution in [0.25, 0.3) is 0 Å². The molecule has 0 amide bonds. The monoisotopic (exact) mass is 293 g/mol. The summed E-state index contributed by atoms with van der Waals surface area (Å²) in [5, 5.41) is 0.721. The predicted molar refractivity (Wildman–Crippen MR) is 85.6 cm³/mol. The van der Waals surface area contributed by atoms with Crippen molar-refractivity contribution in [1.82, 2.24) is 0 Å². The van der Waals surface area contributed by atoms with E-state index in [1.54, 1.807) is 0 Å². The van der Waals surface area contributed by atoms with Crippen LogP contribution in [0.1, 0.15) is 17.2 Å². The summed E-state index contributed by atoms with van der Waals surface area (Å²) in [4.78, 5) is 0. The van der Waals surface area contributed by atoms with Crippen molar-refractivity contribution in [3.05, 3.63) is 101 Å². The van der Waals surface area contributed by atoms with E-state index in [1.807, 2.05) is 66.7 Å². The van der Waals surface area contributed by atoms with Crippen LogP contribution in [0, 0.1) is 6.07 Å². The molecule has 0 aliphatic carbocycles. The van der Waals surface area contributed by atoms with E-state index in [4.69, 9.17) is 16.3 Å². The summed E-state index contributed by atoms with van der Waals surface area (Å²) in [6.07, 6.45) is -0.167. The minimum atomic E-state index is -0.167. The van der Waals surface area contributed by atoms with E-state index in [0.717, 1.165) is 21.9 Å². The Morgan fingerprint density at radius 3 is 2.19 bits per heavy atom. The molecule has 0 N–H and O–H groups in total. The summed E-state index contributed by atoms with van der Waals surface area (Å²) < 4.78 is 6.15. The zero-order valence-electron chi connectivity index (χ0n) is 11.4. The van der Waals surface area contributed by atoms with Crippen LogP contribution in [-0.4, -0.2) is 0 Å². The summed E-state index contributed by atoms with van der Waals surface area (Å²) in [5.41, 5.74) is 2.16. The van der Waals surface area contributed by atoms with Crippen LogP contribution >= 0.6 is 11.6 Å². The maximum Gasteiger partial charge on any atom is 0.149 e. The third-order valence-corrected chi connectivity index (χ3v) is 3.46. The second-order valence-corrected chi connectivity index (χ2v) is 5.14. The summed E-state index contributed by atoms with van der Waals surface area (Å²) in [5.74, 6) is 0.793. The molecule has 1 unspecified atom stereocenters. The summed E-state index contributed by atoms with van der Waals surface area (Å²) in [7, 11) is 0. The maximum atomic E-state index is 6.15. The molecular formula is C19H14ClO. The van der Waals surface area contributed by atoms with E-state index in [9.17, 15) is 0 Å². The van der Waals surface area contributed by atoms with Crippen LogP contribution < -0.4 is 4.74 Å². The Morgan fingerprint density at radius 1 is 0.810 bits per heavy atom. The molecule has 0 saturated heterocycles. The SMILES string of the molecule is Clc1ccc(C(Oc2c[c]ccc2)c2ccccc2)cc1. The van der Waals surface area contributed by atoms with Gasteiger partial charge in [-0.15, -0.1) is 0 Å². The molecule has 0 bridgehead atoms. The Kier molecular flexibility index (Phi) is 4.23. The van der Waals surface area contributed by atoms with Gasteiger partial charge < -0.3 is 4.74 Å². The van der Waals surface area contributed by atoms with Crippen molar-refractivity contribution in [3.63, 3.8) is 0 Å². The van der Waals surface area contributed by atoms with Gasteiger partial charge in [-0.2, -0.15) is 0 Å². The fraction of sp³-hybridized carbons (Fsp3) is 0.0526. The van der Waals surface area contributed by atoms with Gasteiger partial charge in [-0.25, -0.2) is 0 Å². The number of rotatable bonds is 4. The zero-order chi connectivity index (χ0) is 14.5. The van der Waals surface area contributed by atoms with Gasteiger partial charge in [0.15, 0.2) is 0 Å². The molecule has 1 radical (unpaired) electrons. The van der Waals surface area contributed by atoms with Gasteiger partial charge >= 0.3 is 0 Å². The van der Waals surface area contributed by atoms with Crippen LogP contribution in [0.3, 0.4) is 0 Å². The van der Waals surface area contributed by atoms with E-state index in [0.29, 0.717) is 0 Å². The van der Waals surface area contributed by atoms with Gasteiger partial charge in [0.05, 0.1) is 0 Å². The zero-order valence-corrected chi connectivity index (χ0v) is 12.1. The maximum absolute atomic E-state index is 6.15. The third kappa shape index (κ3) is 3.45. The second kappa shape index (κ2) is 6.47. The van der Waals surface area contributed by atoms with Crippen molar-refractivity contribution in [2.24, 2.45) is 0 Å².